The van der Waals surface area contributed by atoms with E-state index in [1.165, 1.54) is 0 Å². The number of aromatic nitrogens is 1. The van der Waals surface area contributed by atoms with Crippen LogP contribution in [-0.2, 0) is 6.54 Å². The van der Waals surface area contributed by atoms with Gasteiger partial charge in [0.15, 0.2) is 0 Å². The number of hydrogen-bond acceptors (Lipinski definition) is 3. The maximum atomic E-state index is 6.10. The molecule has 0 spiro atoms. The SMILES string of the molecule is CCCNCc1cc(N(C)CC)ncc1Cl. The van der Waals surface area contributed by atoms with E-state index in [0.717, 1.165) is 42.5 Å². The number of hydrogen-bond donors (Lipinski definition) is 1. The highest BCUT2D eigenvalue weighted by molar-refractivity contribution is 6.31. The van der Waals surface area contributed by atoms with Crippen LogP contribution in [0.2, 0.25) is 5.02 Å². The molecule has 0 saturated heterocycles. The third kappa shape index (κ3) is 3.65. The Morgan fingerprint density at radius 2 is 2.19 bits per heavy atom. The number of nitrogens with one attached hydrogen (secondary N) is 1. The average molecular weight is 242 g/mol. The van der Waals surface area contributed by atoms with Crippen LogP contribution < -0.4 is 10.2 Å². The first kappa shape index (κ1) is 13.3. The van der Waals surface area contributed by atoms with Crippen LogP contribution in [0.5, 0.6) is 0 Å². The largest absolute Gasteiger partial charge is 0.360 e. The van der Waals surface area contributed by atoms with Crippen molar-refractivity contribution in [2.75, 3.05) is 25.0 Å². The molecule has 0 saturated carbocycles. The molecule has 0 unspecified atom stereocenters. The predicted octanol–water partition coefficient (Wildman–Crippen LogP) is 2.69. The van der Waals surface area contributed by atoms with Crippen LogP contribution in [0, 0.1) is 0 Å². The lowest BCUT2D eigenvalue weighted by molar-refractivity contribution is 0.675. The lowest BCUT2D eigenvalue weighted by Gasteiger charge is -2.17. The molecule has 0 atom stereocenters. The van der Waals surface area contributed by atoms with Gasteiger partial charge < -0.3 is 10.2 Å². The summed E-state index contributed by atoms with van der Waals surface area (Å²) in [6.45, 7) is 7.01. The van der Waals surface area contributed by atoms with E-state index in [9.17, 15) is 0 Å². The van der Waals surface area contributed by atoms with Crippen LogP contribution in [0.4, 0.5) is 5.82 Å². The Balaban J connectivity index is 2.74. The van der Waals surface area contributed by atoms with Crippen LogP contribution >= 0.6 is 11.6 Å². The summed E-state index contributed by atoms with van der Waals surface area (Å²) < 4.78 is 0. The van der Waals surface area contributed by atoms with Crippen molar-refractivity contribution in [1.82, 2.24) is 10.3 Å². The molecule has 3 nitrogen and oxygen atoms in total. The number of anilines is 1. The van der Waals surface area contributed by atoms with Crippen molar-refractivity contribution < 1.29 is 0 Å². The van der Waals surface area contributed by atoms with Crippen LogP contribution in [0.15, 0.2) is 12.3 Å². The zero-order chi connectivity index (χ0) is 12.0. The maximum absolute atomic E-state index is 6.10. The fourth-order valence-electron chi connectivity index (χ4n) is 1.37. The first-order valence-electron chi connectivity index (χ1n) is 5.75. The molecule has 0 aliphatic rings. The first-order valence-corrected chi connectivity index (χ1v) is 6.13. The van der Waals surface area contributed by atoms with Crippen LogP contribution in [0.3, 0.4) is 0 Å². The summed E-state index contributed by atoms with van der Waals surface area (Å²) in [5, 5.41) is 4.08. The van der Waals surface area contributed by atoms with Gasteiger partial charge in [0.25, 0.3) is 0 Å². The summed E-state index contributed by atoms with van der Waals surface area (Å²) in [5.74, 6) is 0.972. The van der Waals surface area contributed by atoms with Crippen molar-refractivity contribution in [3.05, 3.63) is 22.8 Å². The Labute approximate surface area is 103 Å². The van der Waals surface area contributed by atoms with Crippen LogP contribution in [0.1, 0.15) is 25.8 Å². The molecule has 0 aliphatic heterocycles. The first-order chi connectivity index (χ1) is 7.69. The van der Waals surface area contributed by atoms with E-state index in [1.807, 2.05) is 7.05 Å². The Hall–Kier alpha value is -0.800. The molecule has 0 bridgehead atoms. The second-order valence-electron chi connectivity index (χ2n) is 3.82. The number of nitrogens with zero attached hydrogens (tertiary/aromatic N) is 2. The van der Waals surface area contributed by atoms with Crippen molar-refractivity contribution in [2.45, 2.75) is 26.8 Å². The van der Waals surface area contributed by atoms with E-state index in [-0.39, 0.29) is 0 Å². The van der Waals surface area contributed by atoms with Crippen LogP contribution in [-0.4, -0.2) is 25.1 Å². The van der Waals surface area contributed by atoms with Gasteiger partial charge >= 0.3 is 0 Å². The molecular weight excluding hydrogens is 222 g/mol. The van der Waals surface area contributed by atoms with Gasteiger partial charge in [-0.25, -0.2) is 4.98 Å². The maximum Gasteiger partial charge on any atom is 0.128 e. The quantitative estimate of drug-likeness (QED) is 0.777. The molecule has 4 heteroatoms. The van der Waals surface area contributed by atoms with Crippen molar-refractivity contribution in [3.63, 3.8) is 0 Å². The molecule has 0 aromatic carbocycles. The topological polar surface area (TPSA) is 28.2 Å². The van der Waals surface area contributed by atoms with Gasteiger partial charge in [-0.2, -0.15) is 0 Å². The van der Waals surface area contributed by atoms with E-state index in [0.29, 0.717) is 0 Å². The molecule has 1 aromatic rings. The van der Waals surface area contributed by atoms with Crippen molar-refractivity contribution in [1.29, 1.82) is 0 Å². The van der Waals surface area contributed by atoms with Gasteiger partial charge in [-0.15, -0.1) is 0 Å². The summed E-state index contributed by atoms with van der Waals surface area (Å²) in [4.78, 5) is 6.40. The average Bonchev–Trinajstić information content (AvgIpc) is 2.31. The molecule has 0 radical (unpaired) electrons. The number of pyridine rings is 1. The Bertz CT molecular complexity index is 328. The second-order valence-corrected chi connectivity index (χ2v) is 4.23. The van der Waals surface area contributed by atoms with Crippen molar-refractivity contribution in [3.8, 4) is 0 Å². The Morgan fingerprint density at radius 1 is 1.44 bits per heavy atom. The number of rotatable bonds is 6. The highest BCUT2D eigenvalue weighted by Gasteiger charge is 2.05. The molecule has 1 N–H and O–H groups in total. The lowest BCUT2D eigenvalue weighted by Crippen LogP contribution is -2.19. The highest BCUT2D eigenvalue weighted by atomic mass is 35.5. The third-order valence-electron chi connectivity index (χ3n) is 2.53. The van der Waals surface area contributed by atoms with Gasteiger partial charge in [-0.1, -0.05) is 18.5 Å². The minimum atomic E-state index is 0.733. The molecule has 0 amide bonds. The van der Waals surface area contributed by atoms with Crippen molar-refractivity contribution in [2.24, 2.45) is 0 Å². The summed E-state index contributed by atoms with van der Waals surface area (Å²) in [5.41, 5.74) is 1.11. The van der Waals surface area contributed by atoms with Gasteiger partial charge in [0.1, 0.15) is 5.82 Å². The predicted molar refractivity (Wildman–Crippen MR) is 70.2 cm³/mol. The summed E-state index contributed by atoms with van der Waals surface area (Å²) >= 11 is 6.10. The molecule has 16 heavy (non-hydrogen) atoms. The molecule has 0 fully saturated rings. The Morgan fingerprint density at radius 3 is 2.81 bits per heavy atom. The fourth-order valence-corrected chi connectivity index (χ4v) is 1.54. The van der Waals surface area contributed by atoms with Crippen molar-refractivity contribution >= 4 is 17.4 Å². The monoisotopic (exact) mass is 241 g/mol. The molecule has 1 heterocycles. The van der Waals surface area contributed by atoms with E-state index >= 15 is 0 Å². The number of halogens is 1. The summed E-state index contributed by atoms with van der Waals surface area (Å²) in [7, 11) is 2.03. The zero-order valence-electron chi connectivity index (χ0n) is 10.3. The van der Waals surface area contributed by atoms with Gasteiger partial charge in [0.2, 0.25) is 0 Å². The molecule has 1 rings (SSSR count). The molecule has 0 aliphatic carbocycles. The molecular formula is C12H20ClN3. The van der Waals surface area contributed by atoms with E-state index in [1.54, 1.807) is 6.20 Å². The fraction of sp³-hybridized carbons (Fsp3) is 0.583. The highest BCUT2D eigenvalue weighted by Crippen LogP contribution is 2.19. The standard InChI is InChI=1S/C12H20ClN3/c1-4-6-14-8-10-7-12(16(3)5-2)15-9-11(10)13/h7,9,14H,4-6,8H2,1-3H3. The van der Waals surface area contributed by atoms with E-state index in [4.69, 9.17) is 11.6 Å². The molecule has 1 aromatic heterocycles. The van der Waals surface area contributed by atoms with Gasteiger partial charge in [0.05, 0.1) is 5.02 Å². The van der Waals surface area contributed by atoms with Gasteiger partial charge in [-0.05, 0) is 31.5 Å². The third-order valence-corrected chi connectivity index (χ3v) is 2.87. The molecule has 90 valence electrons. The smallest absolute Gasteiger partial charge is 0.128 e. The minimum absolute atomic E-state index is 0.733. The Kier molecular flexibility index (Phi) is 5.56. The van der Waals surface area contributed by atoms with E-state index < -0.39 is 0 Å². The summed E-state index contributed by atoms with van der Waals surface area (Å²) in [6, 6.07) is 2.05. The normalized spacial score (nSPS) is 10.5. The van der Waals surface area contributed by atoms with E-state index in [2.05, 4.69) is 35.1 Å². The van der Waals surface area contributed by atoms with Gasteiger partial charge in [-0.3, -0.25) is 0 Å². The summed E-state index contributed by atoms with van der Waals surface area (Å²) in [6.07, 6.45) is 2.86. The zero-order valence-corrected chi connectivity index (χ0v) is 11.0. The van der Waals surface area contributed by atoms with Crippen LogP contribution in [0.25, 0.3) is 0 Å². The van der Waals surface area contributed by atoms with Gasteiger partial charge in [0, 0.05) is 26.3 Å². The second kappa shape index (κ2) is 6.71. The lowest BCUT2D eigenvalue weighted by atomic mass is 10.2. The minimum Gasteiger partial charge on any atom is -0.360 e.